The zero-order valence-corrected chi connectivity index (χ0v) is 8.82. The van der Waals surface area contributed by atoms with Crippen LogP contribution < -0.4 is 5.32 Å². The third kappa shape index (κ3) is 2.22. The Balaban J connectivity index is 2.40. The van der Waals surface area contributed by atoms with Crippen LogP contribution in [0.4, 0.5) is 0 Å². The number of nitrogens with zero attached hydrogens (tertiary/aromatic N) is 2. The van der Waals surface area contributed by atoms with Gasteiger partial charge >= 0.3 is 0 Å². The molecule has 4 nitrogen and oxygen atoms in total. The maximum atomic E-state index is 5.26. The molecule has 2 rings (SSSR count). The minimum atomic E-state index is 0.644. The first-order chi connectivity index (χ1) is 7.29. The second-order valence-corrected chi connectivity index (χ2v) is 3.33. The molecule has 0 unspecified atom stereocenters. The maximum absolute atomic E-state index is 5.26. The lowest BCUT2D eigenvalue weighted by molar-refractivity contribution is 0.576. The Morgan fingerprint density at radius 2 is 2.27 bits per heavy atom. The largest absolute Gasteiger partial charge is 0.461 e. The number of rotatable bonds is 3. The monoisotopic (exact) mass is 203 g/mol. The van der Waals surface area contributed by atoms with Crippen LogP contribution in [0.1, 0.15) is 11.4 Å². The van der Waals surface area contributed by atoms with Gasteiger partial charge in [0.15, 0.2) is 11.6 Å². The molecule has 0 aliphatic carbocycles. The number of hydrogen-bond acceptors (Lipinski definition) is 4. The van der Waals surface area contributed by atoms with E-state index in [9.17, 15) is 0 Å². The molecule has 0 aliphatic heterocycles. The van der Waals surface area contributed by atoms with E-state index in [4.69, 9.17) is 4.42 Å². The summed E-state index contributed by atoms with van der Waals surface area (Å²) in [5, 5.41) is 3.06. The fraction of sp³-hybridized carbons (Fsp3) is 0.273. The number of aryl methyl sites for hydroxylation is 1. The molecule has 0 aromatic carbocycles. The normalized spacial score (nSPS) is 10.5. The summed E-state index contributed by atoms with van der Waals surface area (Å²) >= 11 is 0. The predicted octanol–water partition coefficient (Wildman–Crippen LogP) is 1.76. The maximum Gasteiger partial charge on any atom is 0.196 e. The van der Waals surface area contributed by atoms with E-state index >= 15 is 0 Å². The minimum absolute atomic E-state index is 0.644. The number of furan rings is 1. The average Bonchev–Trinajstić information content (AvgIpc) is 2.70. The molecule has 15 heavy (non-hydrogen) atoms. The molecule has 0 fully saturated rings. The molecule has 0 saturated heterocycles. The molecule has 0 aliphatic rings. The second-order valence-electron chi connectivity index (χ2n) is 3.33. The molecule has 0 spiro atoms. The molecule has 0 atom stereocenters. The first kappa shape index (κ1) is 9.86. The Kier molecular flexibility index (Phi) is 2.78. The lowest BCUT2D eigenvalue weighted by atomic mass is 10.3. The lowest BCUT2D eigenvalue weighted by Crippen LogP contribution is -2.08. The molecule has 2 heterocycles. The second kappa shape index (κ2) is 4.23. The topological polar surface area (TPSA) is 51.0 Å². The van der Waals surface area contributed by atoms with Crippen LogP contribution in [0.2, 0.25) is 0 Å². The molecule has 0 radical (unpaired) electrons. The Bertz CT molecular complexity index is 437. The van der Waals surface area contributed by atoms with Crippen molar-refractivity contribution < 1.29 is 4.42 Å². The standard InChI is InChI=1S/C11H13N3O/c1-8-6-9(7-12-2)14-11(13-8)10-4-3-5-15-10/h3-6,12H,7H2,1-2H3. The molecular weight excluding hydrogens is 190 g/mol. The Hall–Kier alpha value is -1.68. The van der Waals surface area contributed by atoms with Crippen molar-refractivity contribution in [2.45, 2.75) is 13.5 Å². The average molecular weight is 203 g/mol. The van der Waals surface area contributed by atoms with Crippen LogP contribution >= 0.6 is 0 Å². The highest BCUT2D eigenvalue weighted by Gasteiger charge is 2.06. The summed E-state index contributed by atoms with van der Waals surface area (Å²) in [6.07, 6.45) is 1.62. The summed E-state index contributed by atoms with van der Waals surface area (Å²) in [7, 11) is 1.89. The van der Waals surface area contributed by atoms with Gasteiger partial charge in [0.05, 0.1) is 12.0 Å². The van der Waals surface area contributed by atoms with Crippen LogP contribution in [0, 0.1) is 6.92 Å². The van der Waals surface area contributed by atoms with Crippen molar-refractivity contribution >= 4 is 0 Å². The first-order valence-electron chi connectivity index (χ1n) is 4.82. The fourth-order valence-electron chi connectivity index (χ4n) is 1.42. The van der Waals surface area contributed by atoms with E-state index in [0.29, 0.717) is 11.6 Å². The van der Waals surface area contributed by atoms with E-state index in [0.717, 1.165) is 17.9 Å². The number of hydrogen-bond donors (Lipinski definition) is 1. The quantitative estimate of drug-likeness (QED) is 0.825. The van der Waals surface area contributed by atoms with E-state index in [1.54, 1.807) is 6.26 Å². The summed E-state index contributed by atoms with van der Waals surface area (Å²) in [5.41, 5.74) is 1.91. The summed E-state index contributed by atoms with van der Waals surface area (Å²) in [6.45, 7) is 2.68. The van der Waals surface area contributed by atoms with Gasteiger partial charge in [-0.2, -0.15) is 0 Å². The minimum Gasteiger partial charge on any atom is -0.461 e. The Morgan fingerprint density at radius 1 is 1.40 bits per heavy atom. The van der Waals surface area contributed by atoms with Crippen LogP contribution in [0.15, 0.2) is 28.9 Å². The van der Waals surface area contributed by atoms with Gasteiger partial charge in [-0.25, -0.2) is 9.97 Å². The van der Waals surface area contributed by atoms with Gasteiger partial charge < -0.3 is 9.73 Å². The SMILES string of the molecule is CNCc1cc(C)nc(-c2ccco2)n1. The van der Waals surface area contributed by atoms with Crippen LogP contribution in [-0.2, 0) is 6.54 Å². The number of nitrogens with one attached hydrogen (secondary N) is 1. The van der Waals surface area contributed by atoms with Crippen LogP contribution in [0.25, 0.3) is 11.6 Å². The molecular formula is C11H13N3O. The highest BCUT2D eigenvalue weighted by atomic mass is 16.3. The lowest BCUT2D eigenvalue weighted by Gasteiger charge is -2.03. The van der Waals surface area contributed by atoms with Crippen molar-refractivity contribution in [3.8, 4) is 11.6 Å². The van der Waals surface area contributed by atoms with E-state index in [1.807, 2.05) is 32.2 Å². The third-order valence-corrected chi connectivity index (χ3v) is 2.01. The summed E-state index contributed by atoms with van der Waals surface area (Å²) in [5.74, 6) is 1.35. The van der Waals surface area contributed by atoms with Gasteiger partial charge in [-0.15, -0.1) is 0 Å². The van der Waals surface area contributed by atoms with Gasteiger partial charge in [0.1, 0.15) is 0 Å². The van der Waals surface area contributed by atoms with Gasteiger partial charge in [0.25, 0.3) is 0 Å². The molecule has 2 aromatic heterocycles. The predicted molar refractivity (Wildman–Crippen MR) is 57.2 cm³/mol. The van der Waals surface area contributed by atoms with Gasteiger partial charge in [-0.05, 0) is 32.2 Å². The Morgan fingerprint density at radius 3 is 2.93 bits per heavy atom. The van der Waals surface area contributed by atoms with Crippen LogP contribution in [0.5, 0.6) is 0 Å². The Labute approximate surface area is 88.4 Å². The van der Waals surface area contributed by atoms with Gasteiger partial charge in [-0.1, -0.05) is 0 Å². The number of aromatic nitrogens is 2. The highest BCUT2D eigenvalue weighted by molar-refractivity contribution is 5.46. The van der Waals surface area contributed by atoms with Crippen molar-refractivity contribution in [3.63, 3.8) is 0 Å². The summed E-state index contributed by atoms with van der Waals surface area (Å²) < 4.78 is 5.26. The highest BCUT2D eigenvalue weighted by Crippen LogP contribution is 2.15. The van der Waals surface area contributed by atoms with Crippen LogP contribution in [0.3, 0.4) is 0 Å². The first-order valence-corrected chi connectivity index (χ1v) is 4.82. The van der Waals surface area contributed by atoms with E-state index < -0.39 is 0 Å². The van der Waals surface area contributed by atoms with E-state index in [-0.39, 0.29) is 0 Å². The molecule has 4 heteroatoms. The van der Waals surface area contributed by atoms with Crippen molar-refractivity contribution in [1.29, 1.82) is 0 Å². The zero-order valence-electron chi connectivity index (χ0n) is 8.82. The molecule has 1 N–H and O–H groups in total. The molecule has 2 aromatic rings. The summed E-state index contributed by atoms with van der Waals surface area (Å²) in [6, 6.07) is 5.65. The molecule has 0 amide bonds. The molecule has 0 saturated carbocycles. The molecule has 0 bridgehead atoms. The van der Waals surface area contributed by atoms with E-state index in [2.05, 4.69) is 15.3 Å². The molecule has 78 valence electrons. The van der Waals surface area contributed by atoms with Crippen molar-refractivity contribution in [3.05, 3.63) is 35.9 Å². The van der Waals surface area contributed by atoms with Gasteiger partial charge in [-0.3, -0.25) is 0 Å². The van der Waals surface area contributed by atoms with E-state index in [1.165, 1.54) is 0 Å². The van der Waals surface area contributed by atoms with Crippen LogP contribution in [-0.4, -0.2) is 17.0 Å². The smallest absolute Gasteiger partial charge is 0.196 e. The van der Waals surface area contributed by atoms with Gasteiger partial charge in [0.2, 0.25) is 0 Å². The fourth-order valence-corrected chi connectivity index (χ4v) is 1.42. The van der Waals surface area contributed by atoms with Crippen molar-refractivity contribution in [2.24, 2.45) is 0 Å². The van der Waals surface area contributed by atoms with Crippen molar-refractivity contribution in [2.75, 3.05) is 7.05 Å². The third-order valence-electron chi connectivity index (χ3n) is 2.01. The zero-order chi connectivity index (χ0) is 10.7. The summed E-state index contributed by atoms with van der Waals surface area (Å²) in [4.78, 5) is 8.72. The van der Waals surface area contributed by atoms with Crippen molar-refractivity contribution in [1.82, 2.24) is 15.3 Å². The van der Waals surface area contributed by atoms with Gasteiger partial charge in [0, 0.05) is 12.2 Å².